The molecule has 2 rings (SSSR count). The van der Waals surface area contributed by atoms with E-state index in [0.717, 1.165) is 22.2 Å². The number of benzene rings is 1. The lowest BCUT2D eigenvalue weighted by atomic mass is 9.99. The first kappa shape index (κ1) is 13.7. The molecule has 0 aliphatic rings. The van der Waals surface area contributed by atoms with Crippen LogP contribution in [0.5, 0.6) is 0 Å². The van der Waals surface area contributed by atoms with Crippen LogP contribution in [0.3, 0.4) is 0 Å². The van der Waals surface area contributed by atoms with Gasteiger partial charge >= 0.3 is 11.9 Å². The molecule has 0 radical (unpaired) electrons. The molecule has 0 atom stereocenters. The van der Waals surface area contributed by atoms with Gasteiger partial charge in [0, 0.05) is 33.9 Å². The third kappa shape index (κ3) is 2.11. The molecule has 5 N–H and O–H groups in total. The van der Waals surface area contributed by atoms with E-state index in [1.807, 2.05) is 13.8 Å². The van der Waals surface area contributed by atoms with Crippen molar-refractivity contribution in [2.24, 2.45) is 0 Å². The standard InChI is InChI=1S/C14H14N2O4/c1-6-7(2)16-10-4-3-8(13(15)12(6)10)9(14(19)20)5-11(17)18/h3-5,16H,15H2,1-2H3,(H,17,18)(H,19,20)/b9-5+. The Kier molecular flexibility index (Phi) is 3.23. The van der Waals surface area contributed by atoms with E-state index in [9.17, 15) is 9.59 Å². The number of aromatic amines is 1. The number of carboxylic acid groups (broad SMARTS) is 2. The SMILES string of the molecule is Cc1[nH]c2ccc(/C(=C\C(=O)O)C(=O)O)c(N)c2c1C. The summed E-state index contributed by atoms with van der Waals surface area (Å²) in [6.45, 7) is 3.76. The van der Waals surface area contributed by atoms with Gasteiger partial charge in [-0.3, -0.25) is 0 Å². The van der Waals surface area contributed by atoms with Crippen molar-refractivity contribution >= 4 is 34.1 Å². The molecule has 6 nitrogen and oxygen atoms in total. The van der Waals surface area contributed by atoms with Crippen LogP contribution < -0.4 is 5.73 Å². The maximum Gasteiger partial charge on any atom is 0.336 e. The summed E-state index contributed by atoms with van der Waals surface area (Å²) >= 11 is 0. The van der Waals surface area contributed by atoms with Crippen LogP contribution in [0, 0.1) is 13.8 Å². The average Bonchev–Trinajstić information content (AvgIpc) is 2.63. The molecule has 0 bridgehead atoms. The molecule has 1 aromatic heterocycles. The van der Waals surface area contributed by atoms with Gasteiger partial charge in [-0.25, -0.2) is 9.59 Å². The monoisotopic (exact) mass is 274 g/mol. The second-order valence-corrected chi connectivity index (χ2v) is 4.53. The predicted octanol–water partition coefficient (Wildman–Crippen LogP) is 1.92. The van der Waals surface area contributed by atoms with Gasteiger partial charge in [0.25, 0.3) is 0 Å². The fourth-order valence-electron chi connectivity index (χ4n) is 2.22. The molecule has 104 valence electrons. The summed E-state index contributed by atoms with van der Waals surface area (Å²) in [6.07, 6.45) is 0.648. The summed E-state index contributed by atoms with van der Waals surface area (Å²) in [7, 11) is 0. The number of carbonyl (C=O) groups is 2. The van der Waals surface area contributed by atoms with Crippen molar-refractivity contribution in [1.82, 2.24) is 4.98 Å². The third-order valence-corrected chi connectivity index (χ3v) is 3.29. The topological polar surface area (TPSA) is 116 Å². The third-order valence-electron chi connectivity index (χ3n) is 3.29. The van der Waals surface area contributed by atoms with E-state index >= 15 is 0 Å². The maximum absolute atomic E-state index is 11.2. The van der Waals surface area contributed by atoms with Crippen LogP contribution in [-0.2, 0) is 9.59 Å². The molecule has 6 heteroatoms. The number of anilines is 1. The van der Waals surface area contributed by atoms with E-state index in [2.05, 4.69) is 4.98 Å². The molecule has 0 aliphatic carbocycles. The minimum Gasteiger partial charge on any atom is -0.478 e. The number of nitrogens with two attached hydrogens (primary N) is 1. The Bertz CT molecular complexity index is 756. The fraction of sp³-hybridized carbons (Fsp3) is 0.143. The minimum absolute atomic E-state index is 0.203. The molecule has 1 aromatic carbocycles. The van der Waals surface area contributed by atoms with Crippen molar-refractivity contribution in [3.8, 4) is 0 Å². The molecular formula is C14H14N2O4. The highest BCUT2D eigenvalue weighted by Gasteiger charge is 2.18. The van der Waals surface area contributed by atoms with Crippen molar-refractivity contribution in [1.29, 1.82) is 0 Å². The number of fused-ring (bicyclic) bond motifs is 1. The Morgan fingerprint density at radius 2 is 1.90 bits per heavy atom. The first-order valence-electron chi connectivity index (χ1n) is 5.88. The molecule has 0 aliphatic heterocycles. The van der Waals surface area contributed by atoms with Crippen LogP contribution in [0.1, 0.15) is 16.8 Å². The van der Waals surface area contributed by atoms with Crippen molar-refractivity contribution in [2.45, 2.75) is 13.8 Å². The summed E-state index contributed by atoms with van der Waals surface area (Å²) in [5.41, 5.74) is 8.80. The van der Waals surface area contributed by atoms with E-state index < -0.39 is 11.9 Å². The van der Waals surface area contributed by atoms with Crippen LogP contribution in [-0.4, -0.2) is 27.1 Å². The second kappa shape index (κ2) is 4.73. The Morgan fingerprint density at radius 1 is 1.25 bits per heavy atom. The zero-order valence-corrected chi connectivity index (χ0v) is 11.0. The number of nitrogens with one attached hydrogen (secondary N) is 1. The zero-order valence-electron chi connectivity index (χ0n) is 11.0. The van der Waals surface area contributed by atoms with Crippen LogP contribution in [0.15, 0.2) is 18.2 Å². The number of rotatable bonds is 3. The molecule has 0 saturated heterocycles. The lowest BCUT2D eigenvalue weighted by Gasteiger charge is -2.08. The predicted molar refractivity (Wildman–Crippen MR) is 75.4 cm³/mol. The van der Waals surface area contributed by atoms with Gasteiger partial charge in [-0.05, 0) is 31.5 Å². The molecule has 0 saturated carbocycles. The van der Waals surface area contributed by atoms with Gasteiger partial charge in [0.15, 0.2) is 0 Å². The Labute approximate surface area is 114 Å². The summed E-state index contributed by atoms with van der Waals surface area (Å²) in [4.78, 5) is 25.1. The number of nitrogen functional groups attached to an aromatic ring is 1. The van der Waals surface area contributed by atoms with Crippen LogP contribution >= 0.6 is 0 Å². The number of aromatic nitrogens is 1. The quantitative estimate of drug-likeness (QED) is 0.504. The Morgan fingerprint density at radius 3 is 2.45 bits per heavy atom. The van der Waals surface area contributed by atoms with Crippen molar-refractivity contribution in [2.75, 3.05) is 5.73 Å². The molecule has 0 fully saturated rings. The van der Waals surface area contributed by atoms with Gasteiger partial charge in [0.05, 0.1) is 5.57 Å². The van der Waals surface area contributed by atoms with Gasteiger partial charge in [-0.15, -0.1) is 0 Å². The normalized spacial score (nSPS) is 11.8. The van der Waals surface area contributed by atoms with Crippen molar-refractivity contribution in [3.05, 3.63) is 35.0 Å². The van der Waals surface area contributed by atoms with Crippen LogP contribution in [0.4, 0.5) is 5.69 Å². The molecule has 0 unspecified atom stereocenters. The van der Waals surface area contributed by atoms with Gasteiger partial charge in [0.2, 0.25) is 0 Å². The van der Waals surface area contributed by atoms with Gasteiger partial charge in [-0.2, -0.15) is 0 Å². The van der Waals surface area contributed by atoms with Gasteiger partial charge in [0.1, 0.15) is 0 Å². The molecule has 1 heterocycles. The highest BCUT2D eigenvalue weighted by molar-refractivity contribution is 6.22. The minimum atomic E-state index is -1.33. The molecule has 0 spiro atoms. The summed E-state index contributed by atoms with van der Waals surface area (Å²) in [5.74, 6) is -2.66. The number of hydrogen-bond acceptors (Lipinski definition) is 3. The lowest BCUT2D eigenvalue weighted by Crippen LogP contribution is -2.06. The molecule has 2 aromatic rings. The Hall–Kier alpha value is -2.76. The molecular weight excluding hydrogens is 260 g/mol. The lowest BCUT2D eigenvalue weighted by molar-refractivity contribution is -0.133. The molecule has 20 heavy (non-hydrogen) atoms. The van der Waals surface area contributed by atoms with Crippen molar-refractivity contribution < 1.29 is 19.8 Å². The largest absolute Gasteiger partial charge is 0.478 e. The smallest absolute Gasteiger partial charge is 0.336 e. The number of hydrogen-bond donors (Lipinski definition) is 4. The first-order chi connectivity index (χ1) is 9.32. The van der Waals surface area contributed by atoms with Crippen LogP contribution in [0.2, 0.25) is 0 Å². The van der Waals surface area contributed by atoms with E-state index in [4.69, 9.17) is 15.9 Å². The number of carboxylic acids is 2. The maximum atomic E-state index is 11.2. The molecule has 0 amide bonds. The summed E-state index contributed by atoms with van der Waals surface area (Å²) in [6, 6.07) is 3.20. The first-order valence-corrected chi connectivity index (χ1v) is 5.88. The average molecular weight is 274 g/mol. The number of aliphatic carboxylic acids is 2. The number of aryl methyl sites for hydroxylation is 2. The number of H-pyrrole nitrogens is 1. The van der Waals surface area contributed by atoms with Gasteiger partial charge in [-0.1, -0.05) is 0 Å². The summed E-state index contributed by atoms with van der Waals surface area (Å²) < 4.78 is 0. The zero-order chi connectivity index (χ0) is 15.0. The van der Waals surface area contributed by atoms with E-state index in [1.54, 1.807) is 6.07 Å². The fourth-order valence-corrected chi connectivity index (χ4v) is 2.22. The summed E-state index contributed by atoms with van der Waals surface area (Å²) in [5, 5.41) is 18.6. The van der Waals surface area contributed by atoms with E-state index in [1.165, 1.54) is 6.07 Å². The highest BCUT2D eigenvalue weighted by atomic mass is 16.4. The van der Waals surface area contributed by atoms with E-state index in [-0.39, 0.29) is 16.8 Å². The van der Waals surface area contributed by atoms with Crippen molar-refractivity contribution in [3.63, 3.8) is 0 Å². The van der Waals surface area contributed by atoms with Crippen LogP contribution in [0.25, 0.3) is 16.5 Å². The Balaban J connectivity index is 2.78. The van der Waals surface area contributed by atoms with Gasteiger partial charge < -0.3 is 20.9 Å². The van der Waals surface area contributed by atoms with E-state index in [0.29, 0.717) is 6.08 Å². The highest BCUT2D eigenvalue weighted by Crippen LogP contribution is 2.33. The second-order valence-electron chi connectivity index (χ2n) is 4.53.